The second-order valence-electron chi connectivity index (χ2n) is 6.06. The molecule has 1 aliphatic rings. The highest BCUT2D eigenvalue weighted by Gasteiger charge is 2.28. The predicted octanol–water partition coefficient (Wildman–Crippen LogP) is 3.59. The monoisotopic (exact) mass is 274 g/mol. The van der Waals surface area contributed by atoms with Crippen LogP contribution in [-0.2, 0) is 4.79 Å². The molecule has 0 fully saturated rings. The largest absolute Gasteiger partial charge is 0.353 e. The zero-order chi connectivity index (χ0) is 14.9. The molecule has 5 nitrogen and oxygen atoms in total. The molecule has 0 bridgehead atoms. The lowest BCUT2D eigenvalue weighted by molar-refractivity contribution is -0.384. The number of nitro groups is 1. The number of ketones is 1. The first-order valence-corrected chi connectivity index (χ1v) is 6.52. The van der Waals surface area contributed by atoms with Gasteiger partial charge in [0.05, 0.1) is 4.92 Å². The third kappa shape index (κ3) is 3.23. The molecule has 5 heteroatoms. The van der Waals surface area contributed by atoms with Crippen LogP contribution in [-0.4, -0.2) is 10.7 Å². The molecule has 106 valence electrons. The Balaban J connectivity index is 2.31. The normalized spacial score (nSPS) is 17.6. The molecule has 0 amide bonds. The summed E-state index contributed by atoms with van der Waals surface area (Å²) >= 11 is 0. The second kappa shape index (κ2) is 5.07. The number of nitrogens with zero attached hydrogens (tertiary/aromatic N) is 1. The Morgan fingerprint density at radius 1 is 1.30 bits per heavy atom. The number of carbonyl (C=O) groups is 1. The maximum Gasteiger partial charge on any atom is 0.292 e. The van der Waals surface area contributed by atoms with Gasteiger partial charge >= 0.3 is 0 Å². The van der Waals surface area contributed by atoms with Crippen molar-refractivity contribution >= 4 is 17.2 Å². The van der Waals surface area contributed by atoms with Crippen molar-refractivity contribution in [1.82, 2.24) is 0 Å². The zero-order valence-electron chi connectivity index (χ0n) is 11.9. The average molecular weight is 274 g/mol. The molecule has 2 rings (SSSR count). The molecule has 0 unspecified atom stereocenters. The summed E-state index contributed by atoms with van der Waals surface area (Å²) in [4.78, 5) is 22.4. The summed E-state index contributed by atoms with van der Waals surface area (Å²) < 4.78 is 0. The highest BCUT2D eigenvalue weighted by molar-refractivity contribution is 5.92. The molecule has 0 saturated heterocycles. The van der Waals surface area contributed by atoms with E-state index in [1.807, 2.05) is 26.8 Å². The van der Waals surface area contributed by atoms with Gasteiger partial charge in [-0.25, -0.2) is 0 Å². The SMILES string of the molecule is Cc1ccc(NC2=CC(=O)CC(C)(C)C2)c([N+](=O)[O-])c1. The van der Waals surface area contributed by atoms with Gasteiger partial charge in [-0.15, -0.1) is 0 Å². The van der Waals surface area contributed by atoms with E-state index in [0.717, 1.165) is 11.3 Å². The van der Waals surface area contributed by atoms with Crippen molar-refractivity contribution in [3.05, 3.63) is 45.6 Å². The van der Waals surface area contributed by atoms with Crippen molar-refractivity contribution in [1.29, 1.82) is 0 Å². The van der Waals surface area contributed by atoms with Crippen LogP contribution in [0.2, 0.25) is 0 Å². The quantitative estimate of drug-likeness (QED) is 0.675. The van der Waals surface area contributed by atoms with Crippen molar-refractivity contribution in [2.45, 2.75) is 33.6 Å². The van der Waals surface area contributed by atoms with Gasteiger partial charge in [0.2, 0.25) is 0 Å². The molecule has 0 atom stereocenters. The molecule has 20 heavy (non-hydrogen) atoms. The number of nitrogens with one attached hydrogen (secondary N) is 1. The maximum absolute atomic E-state index is 11.7. The van der Waals surface area contributed by atoms with Crippen molar-refractivity contribution in [3.63, 3.8) is 0 Å². The Morgan fingerprint density at radius 2 is 2.00 bits per heavy atom. The highest BCUT2D eigenvalue weighted by Crippen LogP contribution is 2.35. The summed E-state index contributed by atoms with van der Waals surface area (Å²) in [6.07, 6.45) is 2.76. The number of benzene rings is 1. The Labute approximate surface area is 117 Å². The number of aryl methyl sites for hydroxylation is 1. The summed E-state index contributed by atoms with van der Waals surface area (Å²) in [5, 5.41) is 14.1. The molecule has 0 saturated carbocycles. The smallest absolute Gasteiger partial charge is 0.292 e. The number of nitro benzene ring substituents is 1. The van der Waals surface area contributed by atoms with Crippen LogP contribution in [0.4, 0.5) is 11.4 Å². The molecule has 1 aromatic rings. The van der Waals surface area contributed by atoms with E-state index in [9.17, 15) is 14.9 Å². The number of hydrogen-bond acceptors (Lipinski definition) is 4. The first kappa shape index (κ1) is 14.2. The third-order valence-corrected chi connectivity index (χ3v) is 3.30. The minimum atomic E-state index is -0.411. The Bertz CT molecular complexity index is 603. The summed E-state index contributed by atoms with van der Waals surface area (Å²) in [7, 11) is 0. The number of anilines is 1. The molecular formula is C15H18N2O3. The standard InChI is InChI=1S/C15H18N2O3/c1-10-4-5-13(14(6-10)17(19)20)16-11-7-12(18)9-15(2,3)8-11/h4-7,16H,8-9H2,1-3H3. The number of rotatable bonds is 3. The number of hydrogen-bond donors (Lipinski definition) is 1. The van der Waals surface area contributed by atoms with Gasteiger partial charge < -0.3 is 5.32 Å². The lowest BCUT2D eigenvalue weighted by atomic mass is 9.79. The van der Waals surface area contributed by atoms with Crippen LogP contribution in [0, 0.1) is 22.5 Å². The number of allylic oxidation sites excluding steroid dienone is 2. The summed E-state index contributed by atoms with van der Waals surface area (Å²) in [5.74, 6) is 0.0542. The molecule has 0 spiro atoms. The summed E-state index contributed by atoms with van der Waals surface area (Å²) in [6.45, 7) is 5.84. The van der Waals surface area contributed by atoms with Crippen LogP contribution in [0.5, 0.6) is 0 Å². The fourth-order valence-electron chi connectivity index (χ4n) is 2.50. The summed E-state index contributed by atoms with van der Waals surface area (Å²) in [6, 6.07) is 5.02. The molecule has 0 radical (unpaired) electrons. The number of carbonyl (C=O) groups excluding carboxylic acids is 1. The van der Waals surface area contributed by atoms with E-state index >= 15 is 0 Å². The maximum atomic E-state index is 11.7. The van der Waals surface area contributed by atoms with E-state index in [4.69, 9.17) is 0 Å². The first-order valence-electron chi connectivity index (χ1n) is 6.52. The van der Waals surface area contributed by atoms with Gasteiger partial charge in [-0.05, 0) is 30.4 Å². The predicted molar refractivity (Wildman–Crippen MR) is 77.6 cm³/mol. The van der Waals surface area contributed by atoms with E-state index in [1.165, 1.54) is 6.07 Å². The van der Waals surface area contributed by atoms with Crippen LogP contribution in [0.25, 0.3) is 0 Å². The molecule has 0 aromatic heterocycles. The molecule has 1 N–H and O–H groups in total. The van der Waals surface area contributed by atoms with Gasteiger partial charge in [0.15, 0.2) is 5.78 Å². The Hall–Kier alpha value is -2.17. The summed E-state index contributed by atoms with van der Waals surface area (Å²) in [5.41, 5.74) is 1.90. The van der Waals surface area contributed by atoms with E-state index in [1.54, 1.807) is 12.1 Å². The van der Waals surface area contributed by atoms with Gasteiger partial charge in [-0.3, -0.25) is 14.9 Å². The molecular weight excluding hydrogens is 256 g/mol. The molecule has 1 aromatic carbocycles. The lowest BCUT2D eigenvalue weighted by Crippen LogP contribution is -2.24. The zero-order valence-corrected chi connectivity index (χ0v) is 11.9. The minimum Gasteiger partial charge on any atom is -0.353 e. The Morgan fingerprint density at radius 3 is 2.60 bits per heavy atom. The Kier molecular flexibility index (Phi) is 3.61. The van der Waals surface area contributed by atoms with Gasteiger partial charge in [0.25, 0.3) is 5.69 Å². The van der Waals surface area contributed by atoms with E-state index in [2.05, 4.69) is 5.32 Å². The van der Waals surface area contributed by atoms with Gasteiger partial charge in [0.1, 0.15) is 5.69 Å². The van der Waals surface area contributed by atoms with Crippen molar-refractivity contribution in [3.8, 4) is 0 Å². The van der Waals surface area contributed by atoms with E-state index in [-0.39, 0.29) is 16.9 Å². The molecule has 0 aliphatic heterocycles. The van der Waals surface area contributed by atoms with Crippen LogP contribution in [0.3, 0.4) is 0 Å². The second-order valence-corrected chi connectivity index (χ2v) is 6.06. The van der Waals surface area contributed by atoms with Crippen LogP contribution < -0.4 is 5.32 Å². The topological polar surface area (TPSA) is 72.2 Å². The van der Waals surface area contributed by atoms with E-state index < -0.39 is 4.92 Å². The van der Waals surface area contributed by atoms with Crippen molar-refractivity contribution in [2.75, 3.05) is 5.32 Å². The van der Waals surface area contributed by atoms with Crippen LogP contribution >= 0.6 is 0 Å². The van der Waals surface area contributed by atoms with Gasteiger partial charge in [-0.2, -0.15) is 0 Å². The van der Waals surface area contributed by atoms with Gasteiger partial charge in [-0.1, -0.05) is 19.9 Å². The first-order chi connectivity index (χ1) is 9.27. The van der Waals surface area contributed by atoms with Crippen LogP contribution in [0.15, 0.2) is 30.0 Å². The lowest BCUT2D eigenvalue weighted by Gasteiger charge is -2.29. The fourth-order valence-corrected chi connectivity index (χ4v) is 2.50. The van der Waals surface area contributed by atoms with Gasteiger partial charge in [0, 0.05) is 24.3 Å². The minimum absolute atomic E-state index is 0.0294. The average Bonchev–Trinajstić information content (AvgIpc) is 2.28. The fraction of sp³-hybridized carbons (Fsp3) is 0.400. The van der Waals surface area contributed by atoms with Crippen molar-refractivity contribution < 1.29 is 9.72 Å². The third-order valence-electron chi connectivity index (χ3n) is 3.30. The van der Waals surface area contributed by atoms with E-state index in [0.29, 0.717) is 18.5 Å². The molecule has 0 heterocycles. The van der Waals surface area contributed by atoms with Crippen LogP contribution in [0.1, 0.15) is 32.3 Å². The highest BCUT2D eigenvalue weighted by atomic mass is 16.6. The van der Waals surface area contributed by atoms with Crippen molar-refractivity contribution in [2.24, 2.45) is 5.41 Å². The molecule has 1 aliphatic carbocycles.